The smallest absolute Gasteiger partial charge is 0.287 e. The van der Waals surface area contributed by atoms with E-state index in [0.29, 0.717) is 0 Å². The lowest BCUT2D eigenvalue weighted by molar-refractivity contribution is 0.0931. The van der Waals surface area contributed by atoms with Crippen molar-refractivity contribution in [2.24, 2.45) is 0 Å². The Kier molecular flexibility index (Phi) is 4.79. The fourth-order valence-corrected chi connectivity index (χ4v) is 1.41. The first-order valence-electron chi connectivity index (χ1n) is 5.92. The van der Waals surface area contributed by atoms with Crippen molar-refractivity contribution in [1.82, 2.24) is 5.32 Å². The molecule has 1 aromatic heterocycles. The number of benzene rings is 1. The molecule has 0 saturated heterocycles. The average Bonchev–Trinajstić information content (AvgIpc) is 2.98. The van der Waals surface area contributed by atoms with Crippen molar-refractivity contribution in [3.8, 4) is 17.6 Å². The van der Waals surface area contributed by atoms with Gasteiger partial charge < -0.3 is 14.5 Å². The topological polar surface area (TPSA) is 51.5 Å². The summed E-state index contributed by atoms with van der Waals surface area (Å²) < 4.78 is 23.2. The van der Waals surface area contributed by atoms with Crippen molar-refractivity contribution in [3.05, 3.63) is 54.2 Å². The molecule has 0 aliphatic heterocycles. The summed E-state index contributed by atoms with van der Waals surface area (Å²) >= 11 is 0. The number of amides is 1. The third-order valence-corrected chi connectivity index (χ3v) is 2.34. The molecular formula is C15H12FNO3. The van der Waals surface area contributed by atoms with Crippen molar-refractivity contribution in [3.63, 3.8) is 0 Å². The van der Waals surface area contributed by atoms with Crippen molar-refractivity contribution >= 4 is 5.91 Å². The first kappa shape index (κ1) is 13.7. The minimum Gasteiger partial charge on any atom is -0.478 e. The number of ether oxygens (including phenoxy) is 1. The Balaban J connectivity index is 1.71. The molecule has 0 radical (unpaired) electrons. The Hall–Kier alpha value is -2.74. The van der Waals surface area contributed by atoms with Crippen LogP contribution >= 0.6 is 0 Å². The van der Waals surface area contributed by atoms with E-state index in [-0.39, 0.29) is 30.6 Å². The first-order chi connectivity index (χ1) is 9.77. The molecule has 0 aliphatic rings. The molecule has 0 fully saturated rings. The van der Waals surface area contributed by atoms with Gasteiger partial charge in [-0.05, 0) is 24.3 Å². The Morgan fingerprint density at radius 1 is 1.25 bits per heavy atom. The molecule has 1 amide bonds. The van der Waals surface area contributed by atoms with Gasteiger partial charge in [0.1, 0.15) is 6.61 Å². The van der Waals surface area contributed by atoms with Gasteiger partial charge in [0.05, 0.1) is 12.8 Å². The standard InChI is InChI=1S/C15H12FNO3/c16-12-6-1-2-7-13(12)19-10-4-3-9-17-15(18)14-8-5-11-20-14/h1-2,5-8,11H,9-10H2,(H,17,18). The fourth-order valence-electron chi connectivity index (χ4n) is 1.41. The van der Waals surface area contributed by atoms with E-state index in [2.05, 4.69) is 17.2 Å². The number of hydrogen-bond acceptors (Lipinski definition) is 3. The van der Waals surface area contributed by atoms with Crippen LogP contribution in [-0.2, 0) is 0 Å². The monoisotopic (exact) mass is 273 g/mol. The summed E-state index contributed by atoms with van der Waals surface area (Å²) in [6, 6.07) is 9.28. The summed E-state index contributed by atoms with van der Waals surface area (Å²) in [4.78, 5) is 11.5. The Bertz CT molecular complexity index is 626. The second-order valence-electron chi connectivity index (χ2n) is 3.73. The molecule has 102 valence electrons. The highest BCUT2D eigenvalue weighted by atomic mass is 19.1. The highest BCUT2D eigenvalue weighted by Crippen LogP contribution is 2.14. The van der Waals surface area contributed by atoms with Crippen LogP contribution < -0.4 is 10.1 Å². The van der Waals surface area contributed by atoms with Gasteiger partial charge in [-0.2, -0.15) is 0 Å². The molecule has 0 saturated carbocycles. The molecular weight excluding hydrogens is 261 g/mol. The van der Waals surface area contributed by atoms with Crippen LogP contribution in [0.2, 0.25) is 0 Å². The van der Waals surface area contributed by atoms with Crippen LogP contribution in [0, 0.1) is 17.7 Å². The zero-order valence-electron chi connectivity index (χ0n) is 10.6. The van der Waals surface area contributed by atoms with Crippen molar-refractivity contribution in [2.45, 2.75) is 0 Å². The molecule has 1 heterocycles. The van der Waals surface area contributed by atoms with Crippen molar-refractivity contribution < 1.29 is 18.3 Å². The molecule has 0 aliphatic carbocycles. The van der Waals surface area contributed by atoms with Gasteiger partial charge in [0, 0.05) is 0 Å². The number of rotatable bonds is 4. The number of nitrogens with one attached hydrogen (secondary N) is 1. The van der Waals surface area contributed by atoms with Crippen LogP contribution in [0.25, 0.3) is 0 Å². The van der Waals surface area contributed by atoms with E-state index in [1.54, 1.807) is 24.3 Å². The number of carbonyl (C=O) groups excluding carboxylic acids is 1. The van der Waals surface area contributed by atoms with E-state index in [1.165, 1.54) is 18.4 Å². The largest absolute Gasteiger partial charge is 0.478 e. The van der Waals surface area contributed by atoms with Gasteiger partial charge in [-0.3, -0.25) is 4.79 Å². The van der Waals surface area contributed by atoms with Gasteiger partial charge >= 0.3 is 0 Å². The van der Waals surface area contributed by atoms with E-state index in [1.807, 2.05) is 0 Å². The van der Waals surface area contributed by atoms with Crippen LogP contribution in [0.3, 0.4) is 0 Å². The van der Waals surface area contributed by atoms with Gasteiger partial charge in [-0.25, -0.2) is 4.39 Å². The zero-order valence-corrected chi connectivity index (χ0v) is 10.6. The number of furan rings is 1. The maximum atomic E-state index is 13.2. The van der Waals surface area contributed by atoms with E-state index < -0.39 is 5.82 Å². The SMILES string of the molecule is O=C(NCC#CCOc1ccccc1F)c1ccco1. The number of halogens is 1. The summed E-state index contributed by atoms with van der Waals surface area (Å²) in [5, 5.41) is 2.56. The first-order valence-corrected chi connectivity index (χ1v) is 5.92. The third kappa shape index (κ3) is 3.89. The maximum absolute atomic E-state index is 13.2. The van der Waals surface area contributed by atoms with Crippen LogP contribution in [0.5, 0.6) is 5.75 Å². The predicted octanol–water partition coefficient (Wildman–Crippen LogP) is 2.23. The van der Waals surface area contributed by atoms with Crippen LogP contribution in [-0.4, -0.2) is 19.1 Å². The average molecular weight is 273 g/mol. The molecule has 20 heavy (non-hydrogen) atoms. The molecule has 0 unspecified atom stereocenters. The number of hydrogen-bond donors (Lipinski definition) is 1. The van der Waals surface area contributed by atoms with E-state index in [0.717, 1.165) is 0 Å². The maximum Gasteiger partial charge on any atom is 0.287 e. The second kappa shape index (κ2) is 7.00. The summed E-state index contributed by atoms with van der Waals surface area (Å²) in [6.45, 7) is 0.220. The van der Waals surface area contributed by atoms with E-state index in [4.69, 9.17) is 9.15 Å². The van der Waals surface area contributed by atoms with Gasteiger partial charge in [0.25, 0.3) is 5.91 Å². The quantitative estimate of drug-likeness (QED) is 0.869. The summed E-state index contributed by atoms with van der Waals surface area (Å²) in [7, 11) is 0. The zero-order chi connectivity index (χ0) is 14.2. The van der Waals surface area contributed by atoms with Crippen LogP contribution in [0.15, 0.2) is 47.1 Å². The summed E-state index contributed by atoms with van der Waals surface area (Å²) in [5.74, 6) is 5.00. The van der Waals surface area contributed by atoms with Gasteiger partial charge in [-0.15, -0.1) is 0 Å². The lowest BCUT2D eigenvalue weighted by Crippen LogP contribution is -2.23. The highest BCUT2D eigenvalue weighted by molar-refractivity contribution is 5.91. The Labute approximate surface area is 115 Å². The predicted molar refractivity (Wildman–Crippen MR) is 70.7 cm³/mol. The minimum atomic E-state index is -0.430. The normalized spacial score (nSPS) is 9.45. The second-order valence-corrected chi connectivity index (χ2v) is 3.73. The van der Waals surface area contributed by atoms with Gasteiger partial charge in [0.15, 0.2) is 17.3 Å². The van der Waals surface area contributed by atoms with Gasteiger partial charge in [-0.1, -0.05) is 24.0 Å². The van der Waals surface area contributed by atoms with Crippen LogP contribution in [0.4, 0.5) is 4.39 Å². The lowest BCUT2D eigenvalue weighted by Gasteiger charge is -2.01. The van der Waals surface area contributed by atoms with Crippen molar-refractivity contribution in [1.29, 1.82) is 0 Å². The lowest BCUT2D eigenvalue weighted by atomic mass is 10.3. The fraction of sp³-hybridized carbons (Fsp3) is 0.133. The third-order valence-electron chi connectivity index (χ3n) is 2.34. The van der Waals surface area contributed by atoms with Crippen molar-refractivity contribution in [2.75, 3.05) is 13.2 Å². The molecule has 2 rings (SSSR count). The number of carbonyl (C=O) groups is 1. The molecule has 0 atom stereocenters. The van der Waals surface area contributed by atoms with Gasteiger partial charge in [0.2, 0.25) is 0 Å². The highest BCUT2D eigenvalue weighted by Gasteiger charge is 2.05. The van der Waals surface area contributed by atoms with E-state index in [9.17, 15) is 9.18 Å². The number of para-hydroxylation sites is 1. The van der Waals surface area contributed by atoms with Crippen LogP contribution in [0.1, 0.15) is 10.6 Å². The summed E-state index contributed by atoms with van der Waals surface area (Å²) in [5.41, 5.74) is 0. The molecule has 0 bridgehead atoms. The molecule has 1 N–H and O–H groups in total. The minimum absolute atomic E-state index is 0.0531. The Morgan fingerprint density at radius 3 is 2.85 bits per heavy atom. The molecule has 2 aromatic rings. The van der Waals surface area contributed by atoms with E-state index >= 15 is 0 Å². The molecule has 4 nitrogen and oxygen atoms in total. The molecule has 1 aromatic carbocycles. The molecule has 0 spiro atoms. The Morgan fingerprint density at radius 2 is 2.10 bits per heavy atom. The summed E-state index contributed by atoms with van der Waals surface area (Å²) in [6.07, 6.45) is 1.42. The molecule has 5 heteroatoms.